The van der Waals surface area contributed by atoms with Crippen LogP contribution in [0.1, 0.15) is 27.3 Å². The number of rotatable bonds is 10. The van der Waals surface area contributed by atoms with Gasteiger partial charge >= 0.3 is 0 Å². The number of hydrazone groups is 1. The van der Waals surface area contributed by atoms with Crippen LogP contribution in [-0.4, -0.2) is 61.2 Å². The van der Waals surface area contributed by atoms with Gasteiger partial charge in [0, 0.05) is 11.5 Å². The van der Waals surface area contributed by atoms with E-state index in [-0.39, 0.29) is 29.8 Å². The first-order chi connectivity index (χ1) is 19.9. The van der Waals surface area contributed by atoms with E-state index < -0.39 is 5.91 Å². The summed E-state index contributed by atoms with van der Waals surface area (Å²) in [7, 11) is 1.50. The van der Waals surface area contributed by atoms with Gasteiger partial charge in [-0.2, -0.15) is 9.78 Å². The second kappa shape index (κ2) is 13.1. The number of carbonyl (C=O) groups is 1. The molecule has 0 bridgehead atoms. The first-order valence-corrected chi connectivity index (χ1v) is 14.6. The van der Waals surface area contributed by atoms with Crippen LogP contribution in [-0.2, 0) is 12.4 Å². The van der Waals surface area contributed by atoms with Crippen molar-refractivity contribution >= 4 is 61.8 Å². The van der Waals surface area contributed by atoms with Crippen molar-refractivity contribution in [2.24, 2.45) is 10.1 Å². The number of methoxy groups -OCH3 is 1. The van der Waals surface area contributed by atoms with Gasteiger partial charge in [-0.05, 0) is 61.6 Å². The Morgan fingerprint density at radius 3 is 2.88 bits per heavy atom. The maximum Gasteiger partial charge on any atom is 0.293 e. The quantitative estimate of drug-likeness (QED) is 0.187. The third kappa shape index (κ3) is 6.86. The zero-order valence-electron chi connectivity index (χ0n) is 21.3. The minimum atomic E-state index is -0.593. The highest BCUT2D eigenvalue weighted by molar-refractivity contribution is 9.10. The molecule has 1 aliphatic heterocycles. The Kier molecular flexibility index (Phi) is 9.15. The number of halogens is 2. The number of aromatic nitrogens is 5. The molecule has 17 heteroatoms. The zero-order valence-corrected chi connectivity index (χ0v) is 24.5. The predicted octanol–water partition coefficient (Wildman–Crippen LogP) is 3.82. The summed E-state index contributed by atoms with van der Waals surface area (Å²) >= 11 is 6.57. The van der Waals surface area contributed by atoms with Crippen LogP contribution in [0.4, 0.5) is 10.2 Å². The van der Waals surface area contributed by atoms with Gasteiger partial charge in [0.2, 0.25) is 11.6 Å². The maximum atomic E-state index is 13.2. The summed E-state index contributed by atoms with van der Waals surface area (Å²) in [6, 6.07) is 9.45. The molecule has 4 aromatic rings. The van der Waals surface area contributed by atoms with Crippen LogP contribution in [0, 0.1) is 5.82 Å². The van der Waals surface area contributed by atoms with Crippen molar-refractivity contribution in [2.45, 2.75) is 12.4 Å². The second-order valence-corrected chi connectivity index (χ2v) is 11.4. The molecule has 0 saturated carbocycles. The molecule has 0 atom stereocenters. The van der Waals surface area contributed by atoms with Crippen LogP contribution < -0.4 is 20.6 Å². The molecule has 1 amide bonds. The molecule has 5 rings (SSSR count). The van der Waals surface area contributed by atoms with Crippen molar-refractivity contribution in [3.8, 4) is 17.3 Å². The lowest BCUT2D eigenvalue weighted by Crippen LogP contribution is -2.20. The number of thioether (sulfide) groups is 2. The molecule has 3 heterocycles. The lowest BCUT2D eigenvalue weighted by Gasteiger charge is -2.13. The van der Waals surface area contributed by atoms with Gasteiger partial charge in [-0.25, -0.2) is 14.4 Å². The summed E-state index contributed by atoms with van der Waals surface area (Å²) in [4.78, 5) is 17.5. The van der Waals surface area contributed by atoms with Gasteiger partial charge < -0.3 is 15.2 Å². The monoisotopic (exact) mass is 661 g/mol. The predicted molar refractivity (Wildman–Crippen MR) is 156 cm³/mol. The van der Waals surface area contributed by atoms with E-state index in [2.05, 4.69) is 56.7 Å². The molecular weight excluding hydrogens is 641 g/mol. The van der Waals surface area contributed by atoms with Crippen molar-refractivity contribution in [2.75, 3.05) is 25.1 Å². The van der Waals surface area contributed by atoms with Crippen LogP contribution in [0.2, 0.25) is 0 Å². The molecule has 2 aromatic heterocycles. The summed E-state index contributed by atoms with van der Waals surface area (Å²) in [6.07, 6.45) is 1.44. The SMILES string of the molecule is COc1cc(/C=N/NC(=O)c2nnn(-c3nonc3N)c2CSC2=NCCS2)cc(Br)c1OCc1ccc(F)cc1. The summed E-state index contributed by atoms with van der Waals surface area (Å²) in [5, 5.41) is 19.5. The van der Waals surface area contributed by atoms with Gasteiger partial charge in [-0.15, -0.1) is 5.10 Å². The Morgan fingerprint density at radius 2 is 2.17 bits per heavy atom. The molecule has 0 unspecified atom stereocenters. The number of nitrogens with one attached hydrogen (secondary N) is 1. The summed E-state index contributed by atoms with van der Waals surface area (Å²) < 4.78 is 32.0. The van der Waals surface area contributed by atoms with Crippen LogP contribution in [0.25, 0.3) is 5.82 Å². The minimum Gasteiger partial charge on any atom is -0.493 e. The fourth-order valence-electron chi connectivity index (χ4n) is 3.56. The van der Waals surface area contributed by atoms with Gasteiger partial charge in [0.05, 0.1) is 30.0 Å². The smallest absolute Gasteiger partial charge is 0.293 e. The first kappa shape index (κ1) is 28.6. The molecule has 212 valence electrons. The first-order valence-electron chi connectivity index (χ1n) is 11.8. The summed E-state index contributed by atoms with van der Waals surface area (Å²) in [5.74, 6) is 1.33. The fraction of sp³-hybridized carbons (Fsp3) is 0.208. The molecule has 2 aromatic carbocycles. The number of carbonyl (C=O) groups excluding carboxylic acids is 1. The highest BCUT2D eigenvalue weighted by Crippen LogP contribution is 2.37. The molecule has 0 spiro atoms. The Balaban J connectivity index is 1.30. The number of hydrogen-bond donors (Lipinski definition) is 2. The number of nitrogen functional groups attached to an aromatic ring is 1. The molecule has 3 N–H and O–H groups in total. The topological polar surface area (TPSA) is 168 Å². The van der Waals surface area contributed by atoms with Crippen LogP contribution in [0.15, 0.2) is 55.6 Å². The zero-order chi connectivity index (χ0) is 28.8. The largest absolute Gasteiger partial charge is 0.493 e. The number of amides is 1. The van der Waals surface area contributed by atoms with E-state index in [1.807, 2.05) is 0 Å². The Hall–Kier alpha value is -3.96. The Bertz CT molecular complexity index is 1610. The molecule has 0 radical (unpaired) electrons. The number of benzene rings is 2. The average molecular weight is 663 g/mol. The van der Waals surface area contributed by atoms with Gasteiger partial charge in [0.15, 0.2) is 17.2 Å². The van der Waals surface area contributed by atoms with Crippen molar-refractivity contribution in [3.05, 3.63) is 69.2 Å². The van der Waals surface area contributed by atoms with E-state index in [4.69, 9.17) is 15.2 Å². The second-order valence-electron chi connectivity index (χ2n) is 8.20. The lowest BCUT2D eigenvalue weighted by molar-refractivity contribution is 0.0949. The highest BCUT2D eigenvalue weighted by Gasteiger charge is 2.25. The number of nitrogens with two attached hydrogens (primary N) is 1. The van der Waals surface area contributed by atoms with E-state index >= 15 is 0 Å². The van der Waals surface area contributed by atoms with E-state index in [9.17, 15) is 9.18 Å². The summed E-state index contributed by atoms with van der Waals surface area (Å²) in [5.41, 5.74) is 10.2. The normalized spacial score (nSPS) is 13.0. The number of nitrogens with zero attached hydrogens (tertiary/aromatic N) is 7. The maximum absolute atomic E-state index is 13.2. The van der Waals surface area contributed by atoms with Crippen molar-refractivity contribution < 1.29 is 23.3 Å². The van der Waals surface area contributed by atoms with Crippen LogP contribution in [0.5, 0.6) is 11.5 Å². The van der Waals surface area contributed by atoms with E-state index in [1.165, 1.54) is 41.9 Å². The average Bonchev–Trinajstić information content (AvgIpc) is 3.73. The molecule has 1 aliphatic rings. The number of hydrogen-bond acceptors (Lipinski definition) is 13. The number of aliphatic imine (C=N–C) groups is 1. The van der Waals surface area contributed by atoms with Gasteiger partial charge in [0.25, 0.3) is 5.91 Å². The summed E-state index contributed by atoms with van der Waals surface area (Å²) in [6.45, 7) is 0.955. The molecule has 13 nitrogen and oxygen atoms in total. The third-order valence-electron chi connectivity index (χ3n) is 5.49. The number of ether oxygens (including phenoxy) is 2. The molecular formula is C24H21BrFN9O4S2. The Morgan fingerprint density at radius 1 is 1.34 bits per heavy atom. The van der Waals surface area contributed by atoms with Gasteiger partial charge in [-0.3, -0.25) is 9.79 Å². The van der Waals surface area contributed by atoms with E-state index in [1.54, 1.807) is 36.0 Å². The molecule has 0 aliphatic carbocycles. The standard InChI is InChI=1S/C24H21BrFN9O4S2/c1-37-18-9-14(8-16(25)20(18)38-11-13-2-4-15(26)5-3-13)10-29-31-23(36)19-17(12-41-24-28-6-7-40-24)35(34-30-19)22-21(27)32-39-33-22/h2-5,8-10H,6-7,11-12H2,1H3,(H2,27,32)(H,31,36)/b29-10+. The Labute approximate surface area is 249 Å². The van der Waals surface area contributed by atoms with E-state index in [0.29, 0.717) is 33.0 Å². The molecule has 0 fully saturated rings. The minimum absolute atomic E-state index is 0.00308. The van der Waals surface area contributed by atoms with Gasteiger partial charge in [0.1, 0.15) is 16.8 Å². The van der Waals surface area contributed by atoms with E-state index in [0.717, 1.165) is 22.2 Å². The number of anilines is 1. The van der Waals surface area contributed by atoms with Crippen LogP contribution >= 0.6 is 39.5 Å². The van der Waals surface area contributed by atoms with Crippen molar-refractivity contribution in [1.29, 1.82) is 0 Å². The van der Waals surface area contributed by atoms with Crippen molar-refractivity contribution in [3.63, 3.8) is 0 Å². The van der Waals surface area contributed by atoms with Gasteiger partial charge in [-0.1, -0.05) is 40.9 Å². The fourth-order valence-corrected chi connectivity index (χ4v) is 6.13. The molecule has 0 saturated heterocycles. The third-order valence-corrected chi connectivity index (χ3v) is 8.35. The lowest BCUT2D eigenvalue weighted by atomic mass is 10.2. The van der Waals surface area contributed by atoms with Crippen LogP contribution in [0.3, 0.4) is 0 Å². The highest BCUT2D eigenvalue weighted by atomic mass is 79.9. The molecule has 41 heavy (non-hydrogen) atoms. The van der Waals surface area contributed by atoms with Crippen molar-refractivity contribution in [1.82, 2.24) is 30.7 Å².